The molecular weight excluding hydrogens is 533 g/mol. The molecule has 3 aromatic rings. The van der Waals surface area contributed by atoms with Crippen molar-refractivity contribution in [2.45, 2.75) is 19.8 Å². The first-order chi connectivity index (χ1) is 14.7. The number of nitrogens with zero attached hydrogens (tertiary/aromatic N) is 2. The molecule has 10 heteroatoms. The van der Waals surface area contributed by atoms with Crippen molar-refractivity contribution < 1.29 is 22.7 Å². The van der Waals surface area contributed by atoms with Crippen molar-refractivity contribution in [3.8, 4) is 11.3 Å². The zero-order valence-corrected chi connectivity index (χ0v) is 20.5. The average molecular weight is 557 g/mol. The summed E-state index contributed by atoms with van der Waals surface area (Å²) in [4.78, 5) is 17.2. The molecule has 2 N–H and O–H groups in total. The topological polar surface area (TPSA) is 113 Å². The second kappa shape index (κ2) is 9.53. The Hall–Kier alpha value is -2.18. The molecule has 31 heavy (non-hydrogen) atoms. The number of nitrogens with one attached hydrogen (secondary N) is 1. The van der Waals surface area contributed by atoms with Gasteiger partial charge in [-0.2, -0.15) is 4.98 Å². The zero-order chi connectivity index (χ0) is 22.8. The summed E-state index contributed by atoms with van der Waals surface area (Å²) in [7, 11) is -2.07. The fourth-order valence-corrected chi connectivity index (χ4v) is 5.02. The minimum atomic E-state index is -3.61. The number of fused-ring (bicyclic) bond motifs is 1. The largest absolute Gasteiger partial charge is 0.437 e. The molecule has 1 amide bonds. The van der Waals surface area contributed by atoms with Crippen LogP contribution in [-0.4, -0.2) is 50.9 Å². The molecule has 0 unspecified atom stereocenters. The number of aliphatic hydroxyl groups is 1. The molecule has 0 spiro atoms. The molecule has 166 valence electrons. The number of carbonyl (C=O) groups is 1. The molecule has 1 aromatic carbocycles. The van der Waals surface area contributed by atoms with Gasteiger partial charge in [0.15, 0.2) is 5.82 Å². The van der Waals surface area contributed by atoms with Crippen LogP contribution in [0.25, 0.3) is 22.4 Å². The Balaban J connectivity index is 2.21. The van der Waals surface area contributed by atoms with E-state index in [4.69, 9.17) is 9.52 Å². The van der Waals surface area contributed by atoms with Crippen LogP contribution in [0.2, 0.25) is 0 Å². The Morgan fingerprint density at radius 3 is 2.52 bits per heavy atom. The van der Waals surface area contributed by atoms with E-state index in [1.54, 1.807) is 13.1 Å². The second-order valence-electron chi connectivity index (χ2n) is 7.16. The summed E-state index contributed by atoms with van der Waals surface area (Å²) in [6, 6.07) is 9.29. The number of sulfonamides is 1. The maximum atomic E-state index is 12.7. The highest BCUT2D eigenvalue weighted by molar-refractivity contribution is 14.1. The van der Waals surface area contributed by atoms with Gasteiger partial charge in [0.05, 0.1) is 20.8 Å². The predicted octanol–water partition coefficient (Wildman–Crippen LogP) is 3.31. The number of rotatable bonds is 8. The number of carbonyl (C=O) groups excluding carboxylic acids is 1. The quantitative estimate of drug-likeness (QED) is 0.325. The fourth-order valence-electron chi connectivity index (χ4n) is 3.22. The Morgan fingerprint density at radius 2 is 1.94 bits per heavy atom. The van der Waals surface area contributed by atoms with Gasteiger partial charge in [0.1, 0.15) is 5.76 Å². The van der Waals surface area contributed by atoms with Crippen molar-refractivity contribution in [3.63, 3.8) is 0 Å². The molecule has 8 nitrogen and oxygen atoms in total. The molecule has 0 bridgehead atoms. The van der Waals surface area contributed by atoms with Gasteiger partial charge in [0, 0.05) is 25.8 Å². The lowest BCUT2D eigenvalue weighted by Gasteiger charge is -2.22. The standard InChI is InChI=1S/C21H24IN3O5S/c1-13-6-8-14(9-7-13)18-17(20(27)23-2)15-12-16(22)19(24-21(15)30-18)25(31(3,28)29)10-4-5-11-26/h6-9,12,26H,4-5,10-11H2,1-3H3,(H,23,27). The predicted molar refractivity (Wildman–Crippen MR) is 129 cm³/mol. The number of hydrogen-bond acceptors (Lipinski definition) is 6. The number of unbranched alkanes of at least 4 members (excludes halogenated alkanes) is 1. The van der Waals surface area contributed by atoms with Gasteiger partial charge in [0.2, 0.25) is 15.7 Å². The summed E-state index contributed by atoms with van der Waals surface area (Å²) >= 11 is 2.01. The lowest BCUT2D eigenvalue weighted by Crippen LogP contribution is -2.32. The molecule has 3 rings (SSSR count). The summed E-state index contributed by atoms with van der Waals surface area (Å²) in [5.41, 5.74) is 2.33. The molecule has 0 atom stereocenters. The Bertz CT molecular complexity index is 1210. The molecule has 2 aromatic heterocycles. The molecule has 0 aliphatic rings. The van der Waals surface area contributed by atoms with Crippen LogP contribution < -0.4 is 9.62 Å². The van der Waals surface area contributed by atoms with Crippen LogP contribution in [0.1, 0.15) is 28.8 Å². The number of anilines is 1. The highest BCUT2D eigenvalue weighted by Crippen LogP contribution is 2.36. The minimum absolute atomic E-state index is 0.0191. The third kappa shape index (κ3) is 5.01. The summed E-state index contributed by atoms with van der Waals surface area (Å²) in [5, 5.41) is 12.2. The van der Waals surface area contributed by atoms with E-state index in [0.717, 1.165) is 17.4 Å². The van der Waals surface area contributed by atoms with E-state index < -0.39 is 10.0 Å². The van der Waals surface area contributed by atoms with Crippen molar-refractivity contribution >= 4 is 55.4 Å². The van der Waals surface area contributed by atoms with Gasteiger partial charge in [0.25, 0.3) is 5.91 Å². The molecule has 0 radical (unpaired) electrons. The van der Waals surface area contributed by atoms with Crippen LogP contribution >= 0.6 is 22.6 Å². The van der Waals surface area contributed by atoms with E-state index in [2.05, 4.69) is 10.3 Å². The summed E-state index contributed by atoms with van der Waals surface area (Å²) < 4.78 is 32.6. The number of hydrogen-bond donors (Lipinski definition) is 2. The first-order valence-electron chi connectivity index (χ1n) is 9.68. The number of pyridine rings is 1. The normalized spacial score (nSPS) is 11.6. The van der Waals surface area contributed by atoms with E-state index >= 15 is 0 Å². The number of benzene rings is 1. The molecule has 0 aliphatic carbocycles. The van der Waals surface area contributed by atoms with Crippen molar-refractivity contribution in [1.82, 2.24) is 10.3 Å². The first kappa shape index (κ1) is 23.5. The highest BCUT2D eigenvalue weighted by Gasteiger charge is 2.27. The van der Waals surface area contributed by atoms with Crippen molar-refractivity contribution in [2.75, 3.05) is 30.8 Å². The second-order valence-corrected chi connectivity index (χ2v) is 10.2. The van der Waals surface area contributed by atoms with Crippen molar-refractivity contribution in [2.24, 2.45) is 0 Å². The van der Waals surface area contributed by atoms with Crippen LogP contribution in [0.3, 0.4) is 0 Å². The van der Waals surface area contributed by atoms with Crippen LogP contribution in [0.15, 0.2) is 34.7 Å². The van der Waals surface area contributed by atoms with Crippen LogP contribution in [0.5, 0.6) is 0 Å². The van der Waals surface area contributed by atoms with E-state index in [1.165, 1.54) is 4.31 Å². The zero-order valence-electron chi connectivity index (χ0n) is 17.5. The number of aromatic nitrogens is 1. The molecule has 0 fully saturated rings. The summed E-state index contributed by atoms with van der Waals surface area (Å²) in [6.07, 6.45) is 2.07. The fraction of sp³-hybridized carbons (Fsp3) is 0.333. The molecular formula is C21H24IN3O5S. The highest BCUT2D eigenvalue weighted by atomic mass is 127. The molecule has 0 saturated heterocycles. The molecule has 0 saturated carbocycles. The molecule has 0 aliphatic heterocycles. The number of aryl methyl sites for hydroxylation is 1. The number of aliphatic hydroxyl groups excluding tert-OH is 1. The number of amides is 1. The molecule has 2 heterocycles. The summed E-state index contributed by atoms with van der Waals surface area (Å²) in [5.74, 6) is 0.296. The smallest absolute Gasteiger partial charge is 0.255 e. The van der Waals surface area contributed by atoms with Crippen molar-refractivity contribution in [3.05, 3.63) is 45.0 Å². The maximum absolute atomic E-state index is 12.7. The van der Waals surface area contributed by atoms with E-state index in [9.17, 15) is 13.2 Å². The Kier molecular flexibility index (Phi) is 7.22. The third-order valence-corrected chi connectivity index (χ3v) is 6.74. The lowest BCUT2D eigenvalue weighted by atomic mass is 10.0. The number of furan rings is 1. The SMILES string of the molecule is CNC(=O)c1c(-c2ccc(C)cc2)oc2nc(N(CCCCO)S(C)(=O)=O)c(I)cc12. The van der Waals surface area contributed by atoms with E-state index in [-0.39, 0.29) is 30.6 Å². The number of halogens is 1. The Labute approximate surface area is 194 Å². The minimum Gasteiger partial charge on any atom is -0.437 e. The summed E-state index contributed by atoms with van der Waals surface area (Å²) in [6.45, 7) is 2.13. The monoisotopic (exact) mass is 557 g/mol. The Morgan fingerprint density at radius 1 is 1.26 bits per heavy atom. The average Bonchev–Trinajstić information content (AvgIpc) is 3.08. The van der Waals surface area contributed by atoms with Crippen molar-refractivity contribution in [1.29, 1.82) is 0 Å². The van der Waals surface area contributed by atoms with Gasteiger partial charge in [-0.25, -0.2) is 8.42 Å². The van der Waals surface area contributed by atoms with E-state index in [0.29, 0.717) is 33.1 Å². The van der Waals surface area contributed by atoms with Gasteiger partial charge >= 0.3 is 0 Å². The van der Waals surface area contributed by atoms with Crippen LogP contribution in [0, 0.1) is 10.5 Å². The van der Waals surface area contributed by atoms with Crippen LogP contribution in [-0.2, 0) is 10.0 Å². The van der Waals surface area contributed by atoms with E-state index in [1.807, 2.05) is 53.8 Å². The van der Waals surface area contributed by atoms with Gasteiger partial charge in [-0.15, -0.1) is 0 Å². The van der Waals surface area contributed by atoms with Gasteiger partial charge in [-0.1, -0.05) is 29.8 Å². The van der Waals surface area contributed by atoms with Crippen LogP contribution in [0.4, 0.5) is 5.82 Å². The third-order valence-electron chi connectivity index (χ3n) is 4.79. The van der Waals surface area contributed by atoms with Gasteiger partial charge in [-0.05, 0) is 48.4 Å². The first-order valence-corrected chi connectivity index (χ1v) is 12.6. The lowest BCUT2D eigenvalue weighted by molar-refractivity contribution is 0.0964. The van der Waals surface area contributed by atoms with Gasteiger partial charge in [-0.3, -0.25) is 9.10 Å². The maximum Gasteiger partial charge on any atom is 0.255 e. The van der Waals surface area contributed by atoms with Gasteiger partial charge < -0.3 is 14.8 Å².